The van der Waals surface area contributed by atoms with Gasteiger partial charge in [-0.1, -0.05) is 12.8 Å². The minimum atomic E-state index is -4.44. The highest BCUT2D eigenvalue weighted by Crippen LogP contribution is 2.34. The lowest BCUT2D eigenvalue weighted by atomic mass is 10.0. The molecule has 176 valence electrons. The van der Waals surface area contributed by atoms with E-state index in [1.165, 1.54) is 25.0 Å². The summed E-state index contributed by atoms with van der Waals surface area (Å²) in [5.74, 6) is 0.550. The summed E-state index contributed by atoms with van der Waals surface area (Å²) in [6.45, 7) is 0.627. The maximum Gasteiger partial charge on any atom is 0.416 e. The Morgan fingerprint density at radius 1 is 0.970 bits per heavy atom. The summed E-state index contributed by atoms with van der Waals surface area (Å²) in [6.07, 6.45) is 1.42. The number of carbonyl (C=O) groups is 1. The molecule has 0 spiro atoms. The predicted molar refractivity (Wildman–Crippen MR) is 113 cm³/mol. The van der Waals surface area contributed by atoms with Gasteiger partial charge in [0.1, 0.15) is 12.2 Å². The van der Waals surface area contributed by atoms with E-state index in [9.17, 15) is 18.0 Å². The maximum absolute atomic E-state index is 12.7. The third-order valence-electron chi connectivity index (χ3n) is 6.61. The van der Waals surface area contributed by atoms with E-state index in [1.54, 1.807) is 6.20 Å². The predicted octanol–water partition coefficient (Wildman–Crippen LogP) is 3.53. The summed E-state index contributed by atoms with van der Waals surface area (Å²) in [6, 6.07) is 5.53. The molecule has 2 N–H and O–H groups in total. The fourth-order valence-corrected chi connectivity index (χ4v) is 4.87. The molecule has 0 bridgehead atoms. The minimum Gasteiger partial charge on any atom is -0.371 e. The Morgan fingerprint density at radius 2 is 1.64 bits per heavy atom. The normalized spacial score (nSPS) is 27.5. The van der Waals surface area contributed by atoms with Gasteiger partial charge in [0.05, 0.1) is 30.9 Å². The molecule has 1 aromatic carbocycles. The van der Waals surface area contributed by atoms with Gasteiger partial charge in [-0.15, -0.1) is 0 Å². The van der Waals surface area contributed by atoms with Crippen molar-refractivity contribution >= 4 is 11.9 Å². The molecule has 1 saturated carbocycles. The van der Waals surface area contributed by atoms with Crippen molar-refractivity contribution in [3.8, 4) is 0 Å². The topological polar surface area (TPSA) is 85.4 Å². The second-order valence-corrected chi connectivity index (χ2v) is 8.79. The van der Waals surface area contributed by atoms with Crippen molar-refractivity contribution in [3.63, 3.8) is 0 Å². The monoisotopic (exact) mass is 462 g/mol. The molecule has 7 nitrogen and oxygen atoms in total. The number of ether oxygens (including phenoxy) is 2. The Kier molecular flexibility index (Phi) is 5.96. The van der Waals surface area contributed by atoms with Crippen LogP contribution in [0.4, 0.5) is 19.1 Å². The number of hydrogen-bond donors (Lipinski definition) is 2. The van der Waals surface area contributed by atoms with Crippen LogP contribution in [0, 0.1) is 0 Å². The maximum atomic E-state index is 12.7. The highest BCUT2D eigenvalue weighted by Gasteiger charge is 2.48. The molecule has 3 fully saturated rings. The van der Waals surface area contributed by atoms with Crippen LogP contribution in [-0.4, -0.2) is 53.4 Å². The Hall–Kier alpha value is -2.72. The van der Waals surface area contributed by atoms with Gasteiger partial charge in [-0.05, 0) is 43.2 Å². The number of nitrogens with one attached hydrogen (secondary N) is 2. The van der Waals surface area contributed by atoms with E-state index >= 15 is 0 Å². The minimum absolute atomic E-state index is 0.149. The largest absolute Gasteiger partial charge is 0.416 e. The van der Waals surface area contributed by atoms with E-state index in [-0.39, 0.29) is 30.4 Å². The van der Waals surface area contributed by atoms with Crippen molar-refractivity contribution in [2.24, 2.45) is 0 Å². The Morgan fingerprint density at radius 3 is 2.33 bits per heavy atom. The van der Waals surface area contributed by atoms with Crippen LogP contribution in [0.25, 0.3) is 0 Å². The van der Waals surface area contributed by atoms with Crippen LogP contribution >= 0.6 is 0 Å². The second kappa shape index (κ2) is 8.90. The molecule has 0 radical (unpaired) electrons. The number of anilines is 1. The number of hydrogen-bond acceptors (Lipinski definition) is 6. The summed E-state index contributed by atoms with van der Waals surface area (Å²) >= 11 is 0. The number of benzene rings is 1. The average Bonchev–Trinajstić information content (AvgIpc) is 3.54. The van der Waals surface area contributed by atoms with Crippen LogP contribution in [0.1, 0.15) is 53.2 Å². The zero-order valence-corrected chi connectivity index (χ0v) is 17.8. The fourth-order valence-electron chi connectivity index (χ4n) is 4.87. The SMILES string of the molecule is O=C(N[C@@H]1CO[C@@H]2[C@@H]1OC[C@@H]2Nc1nccc(C2CCCC2)n1)c1ccc(C(F)(F)F)cc1. The summed E-state index contributed by atoms with van der Waals surface area (Å²) in [5.41, 5.74) is 0.404. The van der Waals surface area contributed by atoms with Gasteiger partial charge in [0.15, 0.2) is 0 Å². The van der Waals surface area contributed by atoms with Crippen LogP contribution in [0.3, 0.4) is 0 Å². The van der Waals surface area contributed by atoms with Gasteiger partial charge in [0.25, 0.3) is 5.91 Å². The van der Waals surface area contributed by atoms with E-state index in [1.807, 2.05) is 6.07 Å². The van der Waals surface area contributed by atoms with Gasteiger partial charge in [0, 0.05) is 23.4 Å². The van der Waals surface area contributed by atoms with E-state index in [0.29, 0.717) is 18.5 Å². The molecular weight excluding hydrogens is 437 g/mol. The first-order valence-corrected chi connectivity index (χ1v) is 11.2. The summed E-state index contributed by atoms with van der Waals surface area (Å²) in [7, 11) is 0. The van der Waals surface area contributed by atoms with E-state index in [4.69, 9.17) is 9.47 Å². The number of halogens is 3. The molecular formula is C23H25F3N4O3. The van der Waals surface area contributed by atoms with Crippen LogP contribution in [0.5, 0.6) is 0 Å². The van der Waals surface area contributed by atoms with Gasteiger partial charge < -0.3 is 20.1 Å². The van der Waals surface area contributed by atoms with Gasteiger partial charge >= 0.3 is 6.18 Å². The highest BCUT2D eigenvalue weighted by atomic mass is 19.4. The van der Waals surface area contributed by atoms with Crippen molar-refractivity contribution in [3.05, 3.63) is 53.3 Å². The molecule has 10 heteroatoms. The van der Waals surface area contributed by atoms with E-state index in [2.05, 4.69) is 20.6 Å². The molecule has 33 heavy (non-hydrogen) atoms. The molecule has 3 aliphatic rings. The molecule has 3 heterocycles. The number of fused-ring (bicyclic) bond motifs is 1. The zero-order chi connectivity index (χ0) is 23.0. The average molecular weight is 462 g/mol. The lowest BCUT2D eigenvalue weighted by Gasteiger charge is -2.19. The van der Waals surface area contributed by atoms with Crippen molar-refractivity contribution < 1.29 is 27.4 Å². The zero-order valence-electron chi connectivity index (χ0n) is 17.8. The lowest BCUT2D eigenvalue weighted by molar-refractivity contribution is -0.137. The van der Waals surface area contributed by atoms with Gasteiger partial charge in [-0.3, -0.25) is 4.79 Å². The molecule has 4 atom stereocenters. The van der Waals surface area contributed by atoms with Crippen molar-refractivity contribution in [2.45, 2.75) is 62.1 Å². The van der Waals surface area contributed by atoms with Gasteiger partial charge in [-0.2, -0.15) is 13.2 Å². The van der Waals surface area contributed by atoms with E-state index in [0.717, 1.165) is 30.7 Å². The summed E-state index contributed by atoms with van der Waals surface area (Å²) in [4.78, 5) is 21.6. The molecule has 1 amide bonds. The number of amides is 1. The first-order chi connectivity index (χ1) is 15.9. The summed E-state index contributed by atoms with van der Waals surface area (Å²) in [5, 5.41) is 6.14. The van der Waals surface area contributed by atoms with Crippen LogP contribution in [0.15, 0.2) is 36.5 Å². The Bertz CT molecular complexity index is 995. The Labute approximate surface area is 189 Å². The van der Waals surface area contributed by atoms with E-state index < -0.39 is 23.7 Å². The van der Waals surface area contributed by atoms with Gasteiger partial charge in [0.2, 0.25) is 5.95 Å². The smallest absolute Gasteiger partial charge is 0.371 e. The van der Waals surface area contributed by atoms with Crippen LogP contribution in [-0.2, 0) is 15.7 Å². The summed E-state index contributed by atoms with van der Waals surface area (Å²) < 4.78 is 50.0. The molecule has 5 rings (SSSR count). The van der Waals surface area contributed by atoms with Crippen molar-refractivity contribution in [1.82, 2.24) is 15.3 Å². The van der Waals surface area contributed by atoms with Gasteiger partial charge in [-0.25, -0.2) is 9.97 Å². The molecule has 2 aromatic rings. The molecule has 1 aliphatic carbocycles. The molecule has 1 aromatic heterocycles. The number of aromatic nitrogens is 2. The molecule has 2 aliphatic heterocycles. The second-order valence-electron chi connectivity index (χ2n) is 8.79. The molecule has 2 saturated heterocycles. The fraction of sp³-hybridized carbons (Fsp3) is 0.522. The number of nitrogens with zero attached hydrogens (tertiary/aromatic N) is 2. The van der Waals surface area contributed by atoms with Crippen LogP contribution < -0.4 is 10.6 Å². The van der Waals surface area contributed by atoms with Crippen molar-refractivity contribution in [2.75, 3.05) is 18.5 Å². The molecule has 0 unspecified atom stereocenters. The Balaban J connectivity index is 1.19. The highest BCUT2D eigenvalue weighted by molar-refractivity contribution is 5.94. The lowest BCUT2D eigenvalue weighted by Crippen LogP contribution is -2.44. The van der Waals surface area contributed by atoms with Crippen molar-refractivity contribution in [1.29, 1.82) is 0 Å². The van der Waals surface area contributed by atoms with Crippen LogP contribution in [0.2, 0.25) is 0 Å². The number of rotatable bonds is 5. The number of alkyl halides is 3. The standard InChI is InChI=1S/C23H25F3N4O3/c24-23(25,26)15-7-5-14(6-8-15)21(31)28-17-11-32-20-18(12-33-19(17)20)30-22-27-10-9-16(29-22)13-3-1-2-4-13/h5-10,13,17-20H,1-4,11-12H2,(H,28,31)(H,27,29,30)/t17-,18+,19-,20+/m1/s1. The first kappa shape index (κ1) is 22.1. The third kappa shape index (κ3) is 4.67. The first-order valence-electron chi connectivity index (χ1n) is 11.2. The number of carbonyl (C=O) groups excluding carboxylic acids is 1. The quantitative estimate of drug-likeness (QED) is 0.707. The third-order valence-corrected chi connectivity index (χ3v) is 6.61.